The fourth-order valence-corrected chi connectivity index (χ4v) is 3.82. The molecule has 132 valence electrons. The van der Waals surface area contributed by atoms with E-state index in [1.807, 2.05) is 29.2 Å². The Bertz CT molecular complexity index is 710. The number of hydrogen-bond acceptors (Lipinski definition) is 3. The Morgan fingerprint density at radius 2 is 1.88 bits per heavy atom. The molecule has 0 aromatic heterocycles. The number of amides is 1. The number of benzene rings is 2. The molecule has 2 aromatic rings. The van der Waals surface area contributed by atoms with Gasteiger partial charge in [-0.1, -0.05) is 36.4 Å². The van der Waals surface area contributed by atoms with Gasteiger partial charge in [-0.2, -0.15) is 0 Å². The molecule has 0 heterocycles. The zero-order chi connectivity index (χ0) is 17.6. The highest BCUT2D eigenvalue weighted by molar-refractivity contribution is 7.99. The standard InChI is InChI=1S/C21H25NO2S/c1-16-5-3-4-6-18(16)14-25-15-21(23)22(19-9-10-19)13-17-7-11-20(24-2)12-8-17/h3-8,11-12,19H,9-10,13-15H2,1-2H3. The summed E-state index contributed by atoms with van der Waals surface area (Å²) in [7, 11) is 1.67. The highest BCUT2D eigenvalue weighted by Gasteiger charge is 2.32. The van der Waals surface area contributed by atoms with Gasteiger partial charge in [0.05, 0.1) is 12.9 Å². The van der Waals surface area contributed by atoms with Crippen LogP contribution in [0.3, 0.4) is 0 Å². The molecule has 0 aliphatic heterocycles. The molecule has 1 saturated carbocycles. The third kappa shape index (κ3) is 5.02. The SMILES string of the molecule is COc1ccc(CN(C(=O)CSCc2ccccc2C)C2CC2)cc1. The number of rotatable bonds is 8. The highest BCUT2D eigenvalue weighted by atomic mass is 32.2. The first-order valence-electron chi connectivity index (χ1n) is 8.72. The lowest BCUT2D eigenvalue weighted by Gasteiger charge is -2.22. The van der Waals surface area contributed by atoms with Gasteiger partial charge in [0, 0.05) is 18.3 Å². The molecular weight excluding hydrogens is 330 g/mol. The van der Waals surface area contributed by atoms with E-state index in [2.05, 4.69) is 31.2 Å². The zero-order valence-corrected chi connectivity index (χ0v) is 15.7. The quantitative estimate of drug-likeness (QED) is 0.702. The van der Waals surface area contributed by atoms with E-state index in [1.54, 1.807) is 18.9 Å². The van der Waals surface area contributed by atoms with Gasteiger partial charge in [-0.05, 0) is 48.6 Å². The van der Waals surface area contributed by atoms with E-state index in [1.165, 1.54) is 11.1 Å². The van der Waals surface area contributed by atoms with Crippen LogP contribution in [0.4, 0.5) is 0 Å². The van der Waals surface area contributed by atoms with E-state index in [0.29, 0.717) is 18.3 Å². The molecule has 0 radical (unpaired) electrons. The van der Waals surface area contributed by atoms with E-state index >= 15 is 0 Å². The van der Waals surface area contributed by atoms with Crippen LogP contribution in [0.15, 0.2) is 48.5 Å². The van der Waals surface area contributed by atoms with Crippen LogP contribution >= 0.6 is 11.8 Å². The summed E-state index contributed by atoms with van der Waals surface area (Å²) in [4.78, 5) is 14.8. The molecule has 1 aliphatic carbocycles. The van der Waals surface area contributed by atoms with Crippen molar-refractivity contribution in [2.75, 3.05) is 12.9 Å². The van der Waals surface area contributed by atoms with Gasteiger partial charge >= 0.3 is 0 Å². The molecule has 4 heteroatoms. The van der Waals surface area contributed by atoms with Crippen molar-refractivity contribution in [3.63, 3.8) is 0 Å². The molecule has 1 aliphatic rings. The molecule has 0 saturated heterocycles. The first kappa shape index (κ1) is 17.9. The minimum atomic E-state index is 0.247. The monoisotopic (exact) mass is 355 g/mol. The van der Waals surface area contributed by atoms with Crippen LogP contribution in [0.2, 0.25) is 0 Å². The summed E-state index contributed by atoms with van der Waals surface area (Å²) in [5, 5.41) is 0. The Morgan fingerprint density at radius 1 is 1.16 bits per heavy atom. The van der Waals surface area contributed by atoms with E-state index < -0.39 is 0 Å². The summed E-state index contributed by atoms with van der Waals surface area (Å²) in [6.07, 6.45) is 2.26. The maximum absolute atomic E-state index is 12.7. The van der Waals surface area contributed by atoms with E-state index in [-0.39, 0.29) is 5.91 Å². The van der Waals surface area contributed by atoms with Crippen LogP contribution in [-0.4, -0.2) is 29.7 Å². The van der Waals surface area contributed by atoms with Crippen molar-refractivity contribution in [3.8, 4) is 5.75 Å². The number of carbonyl (C=O) groups excluding carboxylic acids is 1. The van der Waals surface area contributed by atoms with E-state index in [0.717, 1.165) is 29.9 Å². The van der Waals surface area contributed by atoms with Gasteiger partial charge in [-0.15, -0.1) is 11.8 Å². The van der Waals surface area contributed by atoms with Crippen LogP contribution in [-0.2, 0) is 17.1 Å². The van der Waals surface area contributed by atoms with E-state index in [9.17, 15) is 4.79 Å². The van der Waals surface area contributed by atoms with Gasteiger partial charge in [0.15, 0.2) is 0 Å². The van der Waals surface area contributed by atoms with Crippen molar-refractivity contribution < 1.29 is 9.53 Å². The van der Waals surface area contributed by atoms with E-state index in [4.69, 9.17) is 4.74 Å². The molecule has 2 aromatic carbocycles. The minimum Gasteiger partial charge on any atom is -0.497 e. The maximum atomic E-state index is 12.7. The molecule has 25 heavy (non-hydrogen) atoms. The third-order valence-electron chi connectivity index (χ3n) is 4.56. The van der Waals surface area contributed by atoms with Crippen LogP contribution < -0.4 is 4.74 Å². The number of ether oxygens (including phenoxy) is 1. The Labute approximate surface area is 154 Å². The molecule has 0 spiro atoms. The summed E-state index contributed by atoms with van der Waals surface area (Å²) >= 11 is 1.71. The zero-order valence-electron chi connectivity index (χ0n) is 14.9. The van der Waals surface area contributed by atoms with Crippen molar-refractivity contribution >= 4 is 17.7 Å². The van der Waals surface area contributed by atoms with Gasteiger partial charge in [-0.3, -0.25) is 4.79 Å². The van der Waals surface area contributed by atoms with Gasteiger partial charge in [0.25, 0.3) is 0 Å². The van der Waals surface area contributed by atoms with Gasteiger partial charge in [0.2, 0.25) is 5.91 Å². The summed E-state index contributed by atoms with van der Waals surface area (Å²) in [5.74, 6) is 2.53. The number of hydrogen-bond donors (Lipinski definition) is 0. The van der Waals surface area contributed by atoms with Crippen molar-refractivity contribution in [1.82, 2.24) is 4.90 Å². The Morgan fingerprint density at radius 3 is 2.52 bits per heavy atom. The first-order chi connectivity index (χ1) is 12.2. The fraction of sp³-hybridized carbons (Fsp3) is 0.381. The molecule has 0 unspecified atom stereocenters. The predicted octanol–water partition coefficient (Wildman–Crippen LogP) is 4.43. The molecule has 1 fully saturated rings. The largest absolute Gasteiger partial charge is 0.497 e. The van der Waals surface area contributed by atoms with Crippen molar-refractivity contribution in [2.24, 2.45) is 0 Å². The van der Waals surface area contributed by atoms with Crippen LogP contribution in [0, 0.1) is 6.92 Å². The smallest absolute Gasteiger partial charge is 0.233 e. The fourth-order valence-electron chi connectivity index (χ4n) is 2.84. The third-order valence-corrected chi connectivity index (χ3v) is 5.53. The molecule has 3 nitrogen and oxygen atoms in total. The Kier molecular flexibility index (Phi) is 6.03. The predicted molar refractivity (Wildman–Crippen MR) is 104 cm³/mol. The highest BCUT2D eigenvalue weighted by Crippen LogP contribution is 2.29. The number of thioether (sulfide) groups is 1. The Balaban J connectivity index is 1.55. The summed E-state index contributed by atoms with van der Waals surface area (Å²) in [6, 6.07) is 16.8. The second kappa shape index (κ2) is 8.43. The van der Waals surface area contributed by atoms with Crippen molar-refractivity contribution in [2.45, 2.75) is 38.1 Å². The van der Waals surface area contributed by atoms with Gasteiger partial charge < -0.3 is 9.64 Å². The van der Waals surface area contributed by atoms with Gasteiger partial charge in [0.1, 0.15) is 5.75 Å². The second-order valence-electron chi connectivity index (χ2n) is 6.52. The maximum Gasteiger partial charge on any atom is 0.233 e. The lowest BCUT2D eigenvalue weighted by Crippen LogP contribution is -2.34. The number of carbonyl (C=O) groups is 1. The molecule has 1 amide bonds. The minimum absolute atomic E-state index is 0.247. The topological polar surface area (TPSA) is 29.5 Å². The number of methoxy groups -OCH3 is 1. The lowest BCUT2D eigenvalue weighted by atomic mass is 10.1. The molecule has 0 atom stereocenters. The molecule has 0 bridgehead atoms. The summed E-state index contributed by atoms with van der Waals surface area (Å²) < 4.78 is 5.20. The Hall–Kier alpha value is -1.94. The lowest BCUT2D eigenvalue weighted by molar-refractivity contribution is -0.129. The van der Waals surface area contributed by atoms with Crippen molar-refractivity contribution in [1.29, 1.82) is 0 Å². The molecular formula is C21H25NO2S. The van der Waals surface area contributed by atoms with Crippen LogP contribution in [0.5, 0.6) is 5.75 Å². The van der Waals surface area contributed by atoms with Crippen molar-refractivity contribution in [3.05, 3.63) is 65.2 Å². The first-order valence-corrected chi connectivity index (χ1v) is 9.87. The normalized spacial score (nSPS) is 13.5. The van der Waals surface area contributed by atoms with Gasteiger partial charge in [-0.25, -0.2) is 0 Å². The molecule has 3 rings (SSSR count). The number of nitrogens with zero attached hydrogens (tertiary/aromatic N) is 1. The average Bonchev–Trinajstić information content (AvgIpc) is 3.46. The van der Waals surface area contributed by atoms with Crippen LogP contribution in [0.1, 0.15) is 29.5 Å². The molecule has 0 N–H and O–H groups in total. The summed E-state index contributed by atoms with van der Waals surface area (Å²) in [5.41, 5.74) is 3.76. The van der Waals surface area contributed by atoms with Crippen LogP contribution in [0.25, 0.3) is 0 Å². The summed E-state index contributed by atoms with van der Waals surface area (Å²) in [6.45, 7) is 2.82. The second-order valence-corrected chi connectivity index (χ2v) is 7.51. The average molecular weight is 356 g/mol. The number of aryl methyl sites for hydroxylation is 1.